The first kappa shape index (κ1) is 14.2. The quantitative estimate of drug-likeness (QED) is 0.882. The fourth-order valence-corrected chi connectivity index (χ4v) is 3.12. The second kappa shape index (κ2) is 6.32. The average molecular weight is 278 g/mol. The summed E-state index contributed by atoms with van der Waals surface area (Å²) in [7, 11) is 4.07. The van der Waals surface area contributed by atoms with Crippen LogP contribution in [0.25, 0.3) is 0 Å². The van der Waals surface area contributed by atoms with E-state index in [4.69, 9.17) is 5.73 Å². The molecule has 2 aromatic rings. The van der Waals surface area contributed by atoms with Gasteiger partial charge in [-0.1, -0.05) is 6.92 Å². The maximum absolute atomic E-state index is 6.31. The zero-order valence-corrected chi connectivity index (χ0v) is 12.6. The Kier molecular flexibility index (Phi) is 4.74. The number of nitrogens with zero attached hydrogens (tertiary/aromatic N) is 3. The third-order valence-electron chi connectivity index (χ3n) is 3.43. The molecular formula is C14H22N4S. The van der Waals surface area contributed by atoms with Gasteiger partial charge in [-0.3, -0.25) is 9.58 Å². The van der Waals surface area contributed by atoms with Crippen molar-refractivity contribution in [2.24, 2.45) is 12.8 Å². The minimum Gasteiger partial charge on any atom is -0.326 e. The molecule has 0 amide bonds. The van der Waals surface area contributed by atoms with E-state index in [1.807, 2.05) is 17.9 Å². The molecule has 0 aliphatic carbocycles. The summed E-state index contributed by atoms with van der Waals surface area (Å²) >= 11 is 1.72. The van der Waals surface area contributed by atoms with E-state index in [9.17, 15) is 0 Å². The second-order valence-corrected chi connectivity index (χ2v) is 5.79. The van der Waals surface area contributed by atoms with E-state index < -0.39 is 0 Å². The zero-order valence-electron chi connectivity index (χ0n) is 11.8. The molecule has 0 radical (unpaired) electrons. The largest absolute Gasteiger partial charge is 0.326 e. The van der Waals surface area contributed by atoms with Crippen LogP contribution >= 0.6 is 11.3 Å². The Morgan fingerprint density at radius 2 is 2.32 bits per heavy atom. The van der Waals surface area contributed by atoms with Crippen LogP contribution in [0, 0.1) is 0 Å². The van der Waals surface area contributed by atoms with Gasteiger partial charge in [0, 0.05) is 31.4 Å². The molecule has 2 unspecified atom stereocenters. The van der Waals surface area contributed by atoms with Crippen LogP contribution in [-0.2, 0) is 13.6 Å². The third-order valence-corrected chi connectivity index (χ3v) is 4.13. The lowest BCUT2D eigenvalue weighted by Gasteiger charge is -2.31. The Morgan fingerprint density at radius 3 is 2.84 bits per heavy atom. The van der Waals surface area contributed by atoms with Crippen LogP contribution < -0.4 is 5.73 Å². The lowest BCUT2D eigenvalue weighted by Crippen LogP contribution is -2.38. The zero-order chi connectivity index (χ0) is 13.8. The summed E-state index contributed by atoms with van der Waals surface area (Å²) in [5, 5.41) is 8.53. The lowest BCUT2D eigenvalue weighted by atomic mass is 9.99. The molecule has 0 aliphatic rings. The van der Waals surface area contributed by atoms with Gasteiger partial charge in [0.15, 0.2) is 0 Å². The van der Waals surface area contributed by atoms with Gasteiger partial charge in [-0.25, -0.2) is 0 Å². The SMILES string of the molecule is CCC(N)C(c1ccsc1)N(C)Cc1cnn(C)c1. The molecule has 0 saturated carbocycles. The van der Waals surface area contributed by atoms with Crippen molar-refractivity contribution in [3.63, 3.8) is 0 Å². The molecule has 2 rings (SSSR count). The monoisotopic (exact) mass is 278 g/mol. The molecule has 2 atom stereocenters. The van der Waals surface area contributed by atoms with E-state index in [1.54, 1.807) is 11.3 Å². The topological polar surface area (TPSA) is 47.1 Å². The van der Waals surface area contributed by atoms with E-state index in [2.05, 4.69) is 47.0 Å². The fraction of sp³-hybridized carbons (Fsp3) is 0.500. The van der Waals surface area contributed by atoms with Gasteiger partial charge in [0.2, 0.25) is 0 Å². The van der Waals surface area contributed by atoms with Crippen molar-refractivity contribution in [2.45, 2.75) is 32.0 Å². The van der Waals surface area contributed by atoms with E-state index in [0.717, 1.165) is 13.0 Å². The summed E-state index contributed by atoms with van der Waals surface area (Å²) in [5.74, 6) is 0. The smallest absolute Gasteiger partial charge is 0.0534 e. The summed E-state index contributed by atoms with van der Waals surface area (Å²) in [6.07, 6.45) is 4.94. The number of nitrogens with two attached hydrogens (primary N) is 1. The van der Waals surface area contributed by atoms with Crippen molar-refractivity contribution in [3.05, 3.63) is 40.3 Å². The molecule has 2 N–H and O–H groups in total. The van der Waals surface area contributed by atoms with Crippen LogP contribution in [0.4, 0.5) is 0 Å². The maximum atomic E-state index is 6.31. The van der Waals surface area contributed by atoms with Crippen LogP contribution in [-0.4, -0.2) is 27.8 Å². The Morgan fingerprint density at radius 1 is 1.53 bits per heavy atom. The Labute approximate surface area is 118 Å². The standard InChI is InChI=1S/C14H22N4S/c1-4-13(15)14(12-5-6-19-10-12)17(2)8-11-7-16-18(3)9-11/h5-7,9-10,13-14H,4,8,15H2,1-3H3. The van der Waals surface area contributed by atoms with Gasteiger partial charge < -0.3 is 5.73 Å². The second-order valence-electron chi connectivity index (χ2n) is 5.01. The minimum atomic E-state index is 0.149. The van der Waals surface area contributed by atoms with E-state index in [-0.39, 0.29) is 12.1 Å². The molecule has 2 aromatic heterocycles. The lowest BCUT2D eigenvalue weighted by molar-refractivity contribution is 0.202. The molecule has 5 heteroatoms. The number of aromatic nitrogens is 2. The number of likely N-dealkylation sites (N-methyl/N-ethyl adjacent to an activating group) is 1. The molecule has 2 heterocycles. The van der Waals surface area contributed by atoms with E-state index >= 15 is 0 Å². The summed E-state index contributed by atoms with van der Waals surface area (Å²) < 4.78 is 1.84. The van der Waals surface area contributed by atoms with Crippen LogP contribution in [0.1, 0.15) is 30.5 Å². The molecule has 0 fully saturated rings. The van der Waals surface area contributed by atoms with E-state index in [1.165, 1.54) is 11.1 Å². The van der Waals surface area contributed by atoms with Crippen molar-refractivity contribution >= 4 is 11.3 Å². The number of rotatable bonds is 6. The highest BCUT2D eigenvalue weighted by Gasteiger charge is 2.23. The highest BCUT2D eigenvalue weighted by atomic mass is 32.1. The molecule has 0 aromatic carbocycles. The first-order chi connectivity index (χ1) is 9.11. The molecule has 104 valence electrons. The Hall–Kier alpha value is -1.17. The van der Waals surface area contributed by atoms with Gasteiger partial charge in [0.25, 0.3) is 0 Å². The highest BCUT2D eigenvalue weighted by molar-refractivity contribution is 7.07. The third kappa shape index (κ3) is 3.43. The van der Waals surface area contributed by atoms with Gasteiger partial charge in [0.05, 0.1) is 12.2 Å². The molecule has 0 spiro atoms. The first-order valence-electron chi connectivity index (χ1n) is 6.57. The number of hydrogen-bond acceptors (Lipinski definition) is 4. The molecule has 19 heavy (non-hydrogen) atoms. The predicted molar refractivity (Wildman–Crippen MR) is 80.0 cm³/mol. The van der Waals surface area contributed by atoms with Crippen molar-refractivity contribution in [1.29, 1.82) is 0 Å². The van der Waals surface area contributed by atoms with Crippen LogP contribution in [0.3, 0.4) is 0 Å². The molecule has 0 bridgehead atoms. The minimum absolute atomic E-state index is 0.149. The number of hydrogen-bond donors (Lipinski definition) is 1. The summed E-state index contributed by atoms with van der Waals surface area (Å²) in [5.41, 5.74) is 8.84. The summed E-state index contributed by atoms with van der Waals surface area (Å²) in [6.45, 7) is 3.00. The van der Waals surface area contributed by atoms with Crippen molar-refractivity contribution in [3.8, 4) is 0 Å². The van der Waals surface area contributed by atoms with Crippen molar-refractivity contribution in [2.75, 3.05) is 7.05 Å². The van der Waals surface area contributed by atoms with E-state index in [0.29, 0.717) is 0 Å². The van der Waals surface area contributed by atoms with Gasteiger partial charge in [-0.05, 0) is 35.9 Å². The summed E-state index contributed by atoms with van der Waals surface area (Å²) in [4.78, 5) is 2.31. The molecule has 0 aliphatic heterocycles. The molecule has 4 nitrogen and oxygen atoms in total. The fourth-order valence-electron chi connectivity index (χ4n) is 2.43. The Balaban J connectivity index is 2.14. The van der Waals surface area contributed by atoms with Crippen molar-refractivity contribution in [1.82, 2.24) is 14.7 Å². The molecular weight excluding hydrogens is 256 g/mol. The predicted octanol–water partition coefficient (Wildman–Crippen LogP) is 2.39. The number of aryl methyl sites for hydroxylation is 1. The van der Waals surface area contributed by atoms with Gasteiger partial charge in [-0.2, -0.15) is 16.4 Å². The van der Waals surface area contributed by atoms with Gasteiger partial charge >= 0.3 is 0 Å². The average Bonchev–Trinajstić information content (AvgIpc) is 3.01. The highest BCUT2D eigenvalue weighted by Crippen LogP contribution is 2.27. The first-order valence-corrected chi connectivity index (χ1v) is 7.51. The van der Waals surface area contributed by atoms with Gasteiger partial charge in [-0.15, -0.1) is 0 Å². The van der Waals surface area contributed by atoms with Crippen LogP contribution in [0.15, 0.2) is 29.2 Å². The normalized spacial score (nSPS) is 14.8. The number of thiophene rings is 1. The Bertz CT molecular complexity index is 491. The molecule has 0 saturated heterocycles. The van der Waals surface area contributed by atoms with Gasteiger partial charge in [0.1, 0.15) is 0 Å². The maximum Gasteiger partial charge on any atom is 0.0534 e. The van der Waals surface area contributed by atoms with Crippen LogP contribution in [0.2, 0.25) is 0 Å². The van der Waals surface area contributed by atoms with Crippen molar-refractivity contribution < 1.29 is 0 Å². The van der Waals surface area contributed by atoms with Crippen LogP contribution in [0.5, 0.6) is 0 Å². The summed E-state index contributed by atoms with van der Waals surface area (Å²) in [6, 6.07) is 2.58.